The van der Waals surface area contributed by atoms with E-state index in [9.17, 15) is 19.8 Å². The molecule has 2 N–H and O–H groups in total. The van der Waals surface area contributed by atoms with Crippen molar-refractivity contribution in [1.82, 2.24) is 0 Å². The van der Waals surface area contributed by atoms with E-state index < -0.39 is 24.1 Å². The number of carbonyl (C=O) groups is 2. The van der Waals surface area contributed by atoms with Crippen LogP contribution in [-0.2, 0) is 28.5 Å². The summed E-state index contributed by atoms with van der Waals surface area (Å²) < 4.78 is 20.0. The first-order valence-corrected chi connectivity index (χ1v) is 8.59. The molecule has 0 fully saturated rings. The van der Waals surface area contributed by atoms with Crippen LogP contribution in [-0.4, -0.2) is 74.0 Å². The molecule has 0 saturated carbocycles. The third kappa shape index (κ3) is 15.8. The highest BCUT2D eigenvalue weighted by Gasteiger charge is 2.07. The van der Waals surface area contributed by atoms with Gasteiger partial charge in [0.25, 0.3) is 0 Å². The van der Waals surface area contributed by atoms with Crippen molar-refractivity contribution in [2.24, 2.45) is 0 Å². The van der Waals surface area contributed by atoms with Crippen LogP contribution in [0.1, 0.15) is 25.7 Å². The van der Waals surface area contributed by atoms with Crippen molar-refractivity contribution in [3.8, 4) is 0 Å². The highest BCUT2D eigenvalue weighted by Crippen LogP contribution is 2.02. The molecule has 8 nitrogen and oxygen atoms in total. The quantitative estimate of drug-likeness (QED) is 0.218. The first-order valence-electron chi connectivity index (χ1n) is 8.59. The van der Waals surface area contributed by atoms with Crippen molar-refractivity contribution in [3.05, 3.63) is 25.3 Å². The average molecular weight is 374 g/mol. The minimum Gasteiger partial charge on any atom is -0.460 e. The van der Waals surface area contributed by atoms with Gasteiger partial charge in [-0.05, 0) is 12.8 Å². The predicted molar refractivity (Wildman–Crippen MR) is 94.4 cm³/mol. The number of carbonyl (C=O) groups excluding carboxylic acids is 2. The molecule has 0 bridgehead atoms. The first kappa shape index (κ1) is 24.3. The van der Waals surface area contributed by atoms with Gasteiger partial charge in [-0.15, -0.1) is 0 Å². The van der Waals surface area contributed by atoms with Crippen molar-refractivity contribution in [3.63, 3.8) is 0 Å². The lowest BCUT2D eigenvalue weighted by molar-refractivity contribution is -0.142. The molecule has 0 aliphatic rings. The first-order chi connectivity index (χ1) is 12.5. The van der Waals surface area contributed by atoms with E-state index in [1.165, 1.54) is 0 Å². The Morgan fingerprint density at radius 2 is 1.12 bits per heavy atom. The second kappa shape index (κ2) is 16.7. The van der Waals surface area contributed by atoms with E-state index in [1.54, 1.807) is 0 Å². The molecule has 150 valence electrons. The zero-order valence-corrected chi connectivity index (χ0v) is 15.1. The van der Waals surface area contributed by atoms with Crippen LogP contribution >= 0.6 is 0 Å². The Morgan fingerprint density at radius 1 is 0.731 bits per heavy atom. The summed E-state index contributed by atoms with van der Waals surface area (Å²) in [7, 11) is 0. The summed E-state index contributed by atoms with van der Waals surface area (Å²) in [6.07, 6.45) is 3.98. The van der Waals surface area contributed by atoms with Gasteiger partial charge in [-0.1, -0.05) is 26.0 Å². The van der Waals surface area contributed by atoms with Gasteiger partial charge >= 0.3 is 11.9 Å². The van der Waals surface area contributed by atoms with E-state index in [0.717, 1.165) is 37.8 Å². The molecule has 0 saturated heterocycles. The largest absolute Gasteiger partial charge is 0.460 e. The van der Waals surface area contributed by atoms with E-state index in [0.29, 0.717) is 13.2 Å². The van der Waals surface area contributed by atoms with Gasteiger partial charge in [0.05, 0.1) is 13.2 Å². The molecule has 2 unspecified atom stereocenters. The van der Waals surface area contributed by atoms with Gasteiger partial charge in [0.1, 0.15) is 25.4 Å². The van der Waals surface area contributed by atoms with Crippen LogP contribution < -0.4 is 0 Å². The van der Waals surface area contributed by atoms with Crippen molar-refractivity contribution in [2.45, 2.75) is 37.9 Å². The molecule has 0 rings (SSSR count). The molecule has 0 aliphatic heterocycles. The smallest absolute Gasteiger partial charge is 0.330 e. The Balaban J connectivity index is 3.33. The van der Waals surface area contributed by atoms with Gasteiger partial charge in [-0.25, -0.2) is 9.59 Å². The molecule has 0 heterocycles. The maximum Gasteiger partial charge on any atom is 0.330 e. The molecule has 26 heavy (non-hydrogen) atoms. The number of hydrogen-bond donors (Lipinski definition) is 2. The average Bonchev–Trinajstić information content (AvgIpc) is 2.65. The van der Waals surface area contributed by atoms with Gasteiger partial charge in [0, 0.05) is 25.4 Å². The number of rotatable bonds is 17. The minimum absolute atomic E-state index is 0.110. The summed E-state index contributed by atoms with van der Waals surface area (Å²) in [5.41, 5.74) is 0. The van der Waals surface area contributed by atoms with Gasteiger partial charge in [0.2, 0.25) is 0 Å². The van der Waals surface area contributed by atoms with E-state index in [-0.39, 0.29) is 26.4 Å². The van der Waals surface area contributed by atoms with Gasteiger partial charge in [-0.3, -0.25) is 0 Å². The molecule has 2 atom stereocenters. The summed E-state index contributed by atoms with van der Waals surface area (Å²) in [6.45, 7) is 7.55. The van der Waals surface area contributed by atoms with Gasteiger partial charge in [-0.2, -0.15) is 0 Å². The lowest BCUT2D eigenvalue weighted by Crippen LogP contribution is -2.23. The van der Waals surface area contributed by atoms with Crippen LogP contribution in [0.3, 0.4) is 0 Å². The normalized spacial score (nSPS) is 12.8. The summed E-state index contributed by atoms with van der Waals surface area (Å²) in [6, 6.07) is 0. The van der Waals surface area contributed by atoms with Crippen LogP contribution in [0, 0.1) is 0 Å². The maximum absolute atomic E-state index is 10.8. The van der Waals surface area contributed by atoms with E-state index >= 15 is 0 Å². The Bertz CT molecular complexity index is 372. The molecular formula is C18H30O8. The SMILES string of the molecule is C=CC(=O)OCC(O)COCCCCCCOCC(O)COC(=O)C=C. The van der Waals surface area contributed by atoms with Crippen LogP contribution in [0.4, 0.5) is 0 Å². The van der Waals surface area contributed by atoms with Crippen molar-refractivity contribution in [2.75, 3.05) is 39.6 Å². The zero-order valence-electron chi connectivity index (χ0n) is 15.1. The Labute approximate surface area is 154 Å². The van der Waals surface area contributed by atoms with Crippen LogP contribution in [0.5, 0.6) is 0 Å². The van der Waals surface area contributed by atoms with Crippen LogP contribution in [0.2, 0.25) is 0 Å². The van der Waals surface area contributed by atoms with Crippen LogP contribution in [0.15, 0.2) is 25.3 Å². The molecule has 0 aromatic rings. The van der Waals surface area contributed by atoms with Crippen molar-refractivity contribution < 1.29 is 38.7 Å². The summed E-state index contributed by atoms with van der Waals surface area (Å²) in [5.74, 6) is -1.15. The maximum atomic E-state index is 10.8. The lowest BCUT2D eigenvalue weighted by atomic mass is 10.2. The fourth-order valence-electron chi connectivity index (χ4n) is 1.77. The standard InChI is InChI=1S/C18H30O8/c1-3-17(21)25-13-15(19)11-23-9-7-5-6-8-10-24-12-16(20)14-26-18(22)4-2/h3-4,15-16,19-20H,1-2,5-14H2. The number of ether oxygens (including phenoxy) is 4. The molecule has 0 radical (unpaired) electrons. The van der Waals surface area contributed by atoms with Gasteiger partial charge < -0.3 is 29.2 Å². The van der Waals surface area contributed by atoms with Gasteiger partial charge in [0.15, 0.2) is 0 Å². The van der Waals surface area contributed by atoms with E-state index in [2.05, 4.69) is 22.6 Å². The number of unbranched alkanes of at least 4 members (excludes halogenated alkanes) is 3. The Morgan fingerprint density at radius 3 is 1.46 bits per heavy atom. The lowest BCUT2D eigenvalue weighted by Gasteiger charge is -2.11. The molecular weight excluding hydrogens is 344 g/mol. The third-order valence-electron chi connectivity index (χ3n) is 3.12. The summed E-state index contributed by atoms with van der Waals surface area (Å²) in [5, 5.41) is 19.0. The molecule has 0 aliphatic carbocycles. The second-order valence-electron chi connectivity index (χ2n) is 5.54. The number of esters is 2. The molecule has 0 spiro atoms. The molecule has 0 aromatic carbocycles. The minimum atomic E-state index is -0.843. The number of hydrogen-bond acceptors (Lipinski definition) is 8. The third-order valence-corrected chi connectivity index (χ3v) is 3.12. The van der Waals surface area contributed by atoms with Crippen molar-refractivity contribution in [1.29, 1.82) is 0 Å². The van der Waals surface area contributed by atoms with E-state index in [1.807, 2.05) is 0 Å². The number of aliphatic hydroxyl groups is 2. The molecule has 8 heteroatoms. The topological polar surface area (TPSA) is 112 Å². The monoisotopic (exact) mass is 374 g/mol. The zero-order chi connectivity index (χ0) is 19.6. The molecule has 0 amide bonds. The van der Waals surface area contributed by atoms with Crippen molar-refractivity contribution >= 4 is 11.9 Å². The fraction of sp³-hybridized carbons (Fsp3) is 0.667. The molecule has 0 aromatic heterocycles. The Kier molecular flexibility index (Phi) is 15.6. The fourth-order valence-corrected chi connectivity index (χ4v) is 1.77. The Hall–Kier alpha value is -1.74. The van der Waals surface area contributed by atoms with Crippen LogP contribution in [0.25, 0.3) is 0 Å². The number of aliphatic hydroxyl groups excluding tert-OH is 2. The summed E-state index contributed by atoms with van der Waals surface area (Å²) in [4.78, 5) is 21.6. The van der Waals surface area contributed by atoms with E-state index in [4.69, 9.17) is 9.47 Å². The predicted octanol–water partition coefficient (Wildman–Crippen LogP) is 0.760. The second-order valence-corrected chi connectivity index (χ2v) is 5.54. The highest BCUT2D eigenvalue weighted by atomic mass is 16.6. The summed E-state index contributed by atoms with van der Waals surface area (Å²) >= 11 is 0. The highest BCUT2D eigenvalue weighted by molar-refractivity contribution is 5.81.